The van der Waals surface area contributed by atoms with Gasteiger partial charge in [0.05, 0.1) is 5.56 Å². The molecule has 4 aromatic rings. The van der Waals surface area contributed by atoms with Crippen LogP contribution in [0.1, 0.15) is 32.6 Å². The molecule has 0 aliphatic rings. The van der Waals surface area contributed by atoms with Crippen LogP contribution >= 0.6 is 23.4 Å². The molecule has 1 aromatic heterocycles. The molecule has 38 heavy (non-hydrogen) atoms. The van der Waals surface area contributed by atoms with Gasteiger partial charge in [-0.05, 0) is 41.0 Å². The second-order valence-corrected chi connectivity index (χ2v) is 9.87. The molecule has 1 amide bonds. The molecule has 4 rings (SSSR count). The van der Waals surface area contributed by atoms with Crippen LogP contribution in [0.5, 0.6) is 0 Å². The Morgan fingerprint density at radius 1 is 0.921 bits per heavy atom. The molecule has 0 unspecified atom stereocenters. The molecule has 0 spiro atoms. The fraction of sp³-hybridized carbons (Fsp3) is 0.179. The Bertz CT molecular complexity index is 1400. The number of hydrogen-bond acceptors (Lipinski definition) is 5. The standard InChI is InChI=1S/C28H24ClF3N4OS/c1-36(17-19-7-3-2-4-8-19)25-15-24(29)34-27(35-25)38-18-21-10-5-11-22(13-21)26(37)33-16-20-9-6-12-23(14-20)28(30,31)32/h2-15H,16-18H2,1H3,(H,33,37). The first-order valence-corrected chi connectivity index (χ1v) is 13.0. The lowest BCUT2D eigenvalue weighted by molar-refractivity contribution is -0.137. The van der Waals surface area contributed by atoms with Crippen LogP contribution in [0.25, 0.3) is 0 Å². The molecule has 196 valence electrons. The lowest BCUT2D eigenvalue weighted by Gasteiger charge is -2.19. The zero-order chi connectivity index (χ0) is 27.1. The summed E-state index contributed by atoms with van der Waals surface area (Å²) < 4.78 is 38.8. The maximum Gasteiger partial charge on any atom is 0.416 e. The van der Waals surface area contributed by atoms with Crippen molar-refractivity contribution in [3.05, 3.63) is 118 Å². The summed E-state index contributed by atoms with van der Waals surface area (Å²) in [5.74, 6) is 0.814. The number of halogens is 4. The van der Waals surface area contributed by atoms with E-state index in [9.17, 15) is 18.0 Å². The molecule has 0 aliphatic carbocycles. The van der Waals surface area contributed by atoms with E-state index in [1.54, 1.807) is 30.3 Å². The zero-order valence-corrected chi connectivity index (χ0v) is 21.9. The van der Waals surface area contributed by atoms with Crippen molar-refractivity contribution in [3.8, 4) is 0 Å². The predicted molar refractivity (Wildman–Crippen MR) is 144 cm³/mol. The fourth-order valence-electron chi connectivity index (χ4n) is 3.68. The molecule has 0 bridgehead atoms. The summed E-state index contributed by atoms with van der Waals surface area (Å²) in [4.78, 5) is 23.6. The number of nitrogens with one attached hydrogen (secondary N) is 1. The van der Waals surface area contributed by atoms with Gasteiger partial charge in [-0.15, -0.1) is 0 Å². The van der Waals surface area contributed by atoms with Gasteiger partial charge in [-0.1, -0.05) is 78.0 Å². The summed E-state index contributed by atoms with van der Waals surface area (Å²) in [6.07, 6.45) is -4.43. The first kappa shape index (κ1) is 27.5. The van der Waals surface area contributed by atoms with Gasteiger partial charge in [0.1, 0.15) is 11.0 Å². The molecule has 3 aromatic carbocycles. The van der Waals surface area contributed by atoms with Crippen molar-refractivity contribution in [2.75, 3.05) is 11.9 Å². The van der Waals surface area contributed by atoms with Crippen LogP contribution in [0.3, 0.4) is 0 Å². The van der Waals surface area contributed by atoms with E-state index in [4.69, 9.17) is 11.6 Å². The van der Waals surface area contributed by atoms with Crippen LogP contribution < -0.4 is 10.2 Å². The Morgan fingerprint density at radius 3 is 2.39 bits per heavy atom. The zero-order valence-electron chi connectivity index (χ0n) is 20.4. The van der Waals surface area contributed by atoms with Crippen LogP contribution in [0, 0.1) is 0 Å². The van der Waals surface area contributed by atoms with E-state index in [1.165, 1.54) is 17.8 Å². The summed E-state index contributed by atoms with van der Waals surface area (Å²) in [7, 11) is 1.93. The number of anilines is 1. The maximum atomic E-state index is 12.9. The van der Waals surface area contributed by atoms with Gasteiger partial charge in [-0.3, -0.25) is 4.79 Å². The Labute approximate surface area is 228 Å². The fourth-order valence-corrected chi connectivity index (χ4v) is 4.70. The highest BCUT2D eigenvalue weighted by Crippen LogP contribution is 2.29. The van der Waals surface area contributed by atoms with Crippen molar-refractivity contribution in [1.29, 1.82) is 0 Å². The van der Waals surface area contributed by atoms with Gasteiger partial charge in [0.15, 0.2) is 5.16 Å². The third kappa shape index (κ3) is 7.72. The number of nitrogens with zero attached hydrogens (tertiary/aromatic N) is 3. The molecule has 0 saturated carbocycles. The number of hydrogen-bond donors (Lipinski definition) is 1. The molecule has 1 N–H and O–H groups in total. The Kier molecular flexibility index (Phi) is 8.91. The highest BCUT2D eigenvalue weighted by Gasteiger charge is 2.30. The van der Waals surface area contributed by atoms with E-state index in [0.29, 0.717) is 39.6 Å². The predicted octanol–water partition coefficient (Wildman–Crippen LogP) is 7.01. The number of carbonyl (C=O) groups excluding carboxylic acids is 1. The molecule has 10 heteroatoms. The third-order valence-electron chi connectivity index (χ3n) is 5.58. The van der Waals surface area contributed by atoms with Crippen LogP contribution in [-0.2, 0) is 25.0 Å². The summed E-state index contributed by atoms with van der Waals surface area (Å²) in [5.41, 5.74) is 2.03. The summed E-state index contributed by atoms with van der Waals surface area (Å²) in [6, 6.07) is 23.6. The Hall–Kier alpha value is -3.56. The van der Waals surface area contributed by atoms with E-state index in [1.807, 2.05) is 48.3 Å². The van der Waals surface area contributed by atoms with Crippen molar-refractivity contribution >= 4 is 35.1 Å². The molecule has 0 saturated heterocycles. The first-order valence-electron chi connectivity index (χ1n) is 11.6. The number of carbonyl (C=O) groups is 1. The Balaban J connectivity index is 1.37. The largest absolute Gasteiger partial charge is 0.416 e. The van der Waals surface area contributed by atoms with E-state index >= 15 is 0 Å². The molecule has 0 radical (unpaired) electrons. The lowest BCUT2D eigenvalue weighted by atomic mass is 10.1. The molecule has 0 fully saturated rings. The molecule has 0 atom stereocenters. The van der Waals surface area contributed by atoms with Crippen LogP contribution in [0.4, 0.5) is 19.0 Å². The smallest absolute Gasteiger partial charge is 0.355 e. The molecular weight excluding hydrogens is 533 g/mol. The minimum absolute atomic E-state index is 0.0165. The number of alkyl halides is 3. The number of amides is 1. The quantitative estimate of drug-likeness (QED) is 0.136. The minimum Gasteiger partial charge on any atom is -0.355 e. The maximum absolute atomic E-state index is 12.9. The third-order valence-corrected chi connectivity index (χ3v) is 6.69. The highest BCUT2D eigenvalue weighted by atomic mass is 35.5. The second kappa shape index (κ2) is 12.3. The average molecular weight is 557 g/mol. The monoisotopic (exact) mass is 556 g/mol. The molecule has 0 aliphatic heterocycles. The highest BCUT2D eigenvalue weighted by molar-refractivity contribution is 7.98. The summed E-state index contributed by atoms with van der Waals surface area (Å²) in [5, 5.41) is 3.52. The van der Waals surface area contributed by atoms with Crippen molar-refractivity contribution < 1.29 is 18.0 Å². The van der Waals surface area contributed by atoms with Crippen LogP contribution in [0.2, 0.25) is 5.15 Å². The van der Waals surface area contributed by atoms with Gasteiger partial charge in [0.25, 0.3) is 5.91 Å². The van der Waals surface area contributed by atoms with E-state index in [-0.39, 0.29) is 12.5 Å². The van der Waals surface area contributed by atoms with Crippen LogP contribution in [0.15, 0.2) is 90.1 Å². The molecule has 1 heterocycles. The normalized spacial score (nSPS) is 11.3. The second-order valence-electron chi connectivity index (χ2n) is 8.54. The van der Waals surface area contributed by atoms with Crippen molar-refractivity contribution in [3.63, 3.8) is 0 Å². The summed E-state index contributed by atoms with van der Waals surface area (Å²) >= 11 is 7.65. The number of rotatable bonds is 9. The van der Waals surface area contributed by atoms with E-state index in [2.05, 4.69) is 15.3 Å². The minimum atomic E-state index is -4.43. The van der Waals surface area contributed by atoms with Gasteiger partial charge < -0.3 is 10.2 Å². The number of benzene rings is 3. The van der Waals surface area contributed by atoms with Gasteiger partial charge in [0.2, 0.25) is 0 Å². The molecule has 5 nitrogen and oxygen atoms in total. The van der Waals surface area contributed by atoms with Crippen molar-refractivity contribution in [2.24, 2.45) is 0 Å². The van der Waals surface area contributed by atoms with E-state index < -0.39 is 11.7 Å². The average Bonchev–Trinajstić information content (AvgIpc) is 2.90. The van der Waals surface area contributed by atoms with Gasteiger partial charge in [0, 0.05) is 37.5 Å². The lowest BCUT2D eigenvalue weighted by Crippen LogP contribution is -2.23. The number of aromatic nitrogens is 2. The SMILES string of the molecule is CN(Cc1ccccc1)c1cc(Cl)nc(SCc2cccc(C(=O)NCc3cccc(C(F)(F)F)c3)c2)n1. The Morgan fingerprint density at radius 2 is 1.63 bits per heavy atom. The number of thioether (sulfide) groups is 1. The van der Waals surface area contributed by atoms with Crippen molar-refractivity contribution in [2.45, 2.75) is 30.2 Å². The van der Waals surface area contributed by atoms with Crippen LogP contribution in [-0.4, -0.2) is 22.9 Å². The van der Waals surface area contributed by atoms with Gasteiger partial charge >= 0.3 is 6.18 Å². The first-order chi connectivity index (χ1) is 18.2. The summed E-state index contributed by atoms with van der Waals surface area (Å²) in [6.45, 7) is 0.646. The van der Waals surface area contributed by atoms with E-state index in [0.717, 1.165) is 23.3 Å². The van der Waals surface area contributed by atoms with Gasteiger partial charge in [-0.2, -0.15) is 13.2 Å². The topological polar surface area (TPSA) is 58.1 Å². The van der Waals surface area contributed by atoms with Gasteiger partial charge in [-0.25, -0.2) is 9.97 Å². The molecular formula is C28H24ClF3N4OS. The van der Waals surface area contributed by atoms with Crippen molar-refractivity contribution in [1.82, 2.24) is 15.3 Å².